The summed E-state index contributed by atoms with van der Waals surface area (Å²) in [7, 11) is -3.69. The lowest BCUT2D eigenvalue weighted by Gasteiger charge is -2.36. The normalized spacial score (nSPS) is 14.7. The summed E-state index contributed by atoms with van der Waals surface area (Å²) in [4.78, 5) is 20.7. The molecule has 3 aromatic rings. The van der Waals surface area contributed by atoms with Crippen LogP contribution in [0.15, 0.2) is 66.3 Å². The molecular weight excluding hydrogens is 378 g/mol. The molecule has 1 aliphatic rings. The molecule has 0 atom stereocenters. The first-order chi connectivity index (χ1) is 13.6. The molecule has 1 aliphatic heterocycles. The van der Waals surface area contributed by atoms with Crippen molar-refractivity contribution in [1.29, 1.82) is 0 Å². The highest BCUT2D eigenvalue weighted by atomic mass is 32.2. The Hall–Kier alpha value is -3.27. The third-order valence-corrected chi connectivity index (χ3v) is 5.86. The Labute approximate surface area is 163 Å². The third kappa shape index (κ3) is 4.01. The van der Waals surface area contributed by atoms with Gasteiger partial charge < -0.3 is 9.80 Å². The Morgan fingerprint density at radius 2 is 1.57 bits per heavy atom. The van der Waals surface area contributed by atoms with Crippen molar-refractivity contribution in [3.05, 3.63) is 61.4 Å². The van der Waals surface area contributed by atoms with Crippen LogP contribution in [0.25, 0.3) is 0 Å². The highest BCUT2D eigenvalue weighted by Gasteiger charge is 2.20. The van der Waals surface area contributed by atoms with Crippen LogP contribution in [-0.2, 0) is 10.0 Å². The highest BCUT2D eigenvalue weighted by molar-refractivity contribution is 7.92. The molecule has 3 heterocycles. The lowest BCUT2D eigenvalue weighted by atomic mass is 10.2. The Bertz CT molecular complexity index is 1010. The van der Waals surface area contributed by atoms with Crippen LogP contribution in [0, 0.1) is 0 Å². The minimum atomic E-state index is -3.69. The van der Waals surface area contributed by atoms with E-state index in [1.807, 2.05) is 12.1 Å². The number of anilines is 3. The van der Waals surface area contributed by atoms with E-state index in [4.69, 9.17) is 0 Å². The first-order valence-electron chi connectivity index (χ1n) is 8.77. The largest absolute Gasteiger partial charge is 0.368 e. The number of nitrogens with one attached hydrogen (secondary N) is 1. The molecular formula is C18H19N7O2S. The minimum absolute atomic E-state index is 0.188. The molecule has 1 N–H and O–H groups in total. The van der Waals surface area contributed by atoms with E-state index in [2.05, 4.69) is 34.5 Å². The standard InChI is InChI=1S/C18H19N7O2S/c26-28(27,23-17-5-6-20-14-22-17)16-3-1-15(2-4-16)24-9-11-25(12-10-24)18-13-19-7-8-21-18/h1-8,13-14H,9-12H2,(H,20,22,23). The molecule has 28 heavy (non-hydrogen) atoms. The quantitative estimate of drug-likeness (QED) is 0.689. The van der Waals surface area contributed by atoms with Gasteiger partial charge in [0.2, 0.25) is 0 Å². The number of piperazine rings is 1. The molecule has 0 aliphatic carbocycles. The van der Waals surface area contributed by atoms with Crippen LogP contribution in [0.4, 0.5) is 17.3 Å². The van der Waals surface area contributed by atoms with Gasteiger partial charge in [-0.25, -0.2) is 23.4 Å². The summed E-state index contributed by atoms with van der Waals surface area (Å²) < 4.78 is 27.4. The van der Waals surface area contributed by atoms with Crippen LogP contribution >= 0.6 is 0 Å². The van der Waals surface area contributed by atoms with Crippen molar-refractivity contribution in [3.8, 4) is 0 Å². The number of benzene rings is 1. The SMILES string of the molecule is O=S(=O)(Nc1ccncn1)c1ccc(N2CCN(c3cnccn3)CC2)cc1. The van der Waals surface area contributed by atoms with Gasteiger partial charge in [-0.3, -0.25) is 9.71 Å². The van der Waals surface area contributed by atoms with Gasteiger partial charge in [0.15, 0.2) is 0 Å². The van der Waals surface area contributed by atoms with Gasteiger partial charge in [0.25, 0.3) is 10.0 Å². The van der Waals surface area contributed by atoms with E-state index < -0.39 is 10.0 Å². The molecule has 9 nitrogen and oxygen atoms in total. The van der Waals surface area contributed by atoms with Gasteiger partial charge in [0.1, 0.15) is 18.0 Å². The minimum Gasteiger partial charge on any atom is -0.368 e. The Balaban J connectivity index is 1.41. The van der Waals surface area contributed by atoms with E-state index in [9.17, 15) is 8.42 Å². The van der Waals surface area contributed by atoms with Crippen LogP contribution in [0.3, 0.4) is 0 Å². The zero-order valence-corrected chi connectivity index (χ0v) is 15.8. The van der Waals surface area contributed by atoms with Crippen LogP contribution in [-0.4, -0.2) is 54.5 Å². The number of hydrogen-bond donors (Lipinski definition) is 1. The van der Waals surface area contributed by atoms with Crippen molar-refractivity contribution in [2.24, 2.45) is 0 Å². The zero-order chi connectivity index (χ0) is 19.4. The fourth-order valence-corrected chi connectivity index (χ4v) is 4.04. The Morgan fingerprint density at radius 3 is 2.21 bits per heavy atom. The Morgan fingerprint density at radius 1 is 0.821 bits per heavy atom. The number of sulfonamides is 1. The van der Waals surface area contributed by atoms with Crippen molar-refractivity contribution < 1.29 is 8.42 Å². The third-order valence-electron chi connectivity index (χ3n) is 4.49. The molecule has 1 saturated heterocycles. The molecule has 1 fully saturated rings. The van der Waals surface area contributed by atoms with E-state index in [1.165, 1.54) is 18.6 Å². The van der Waals surface area contributed by atoms with Crippen molar-refractivity contribution in [1.82, 2.24) is 19.9 Å². The van der Waals surface area contributed by atoms with E-state index in [1.54, 1.807) is 30.7 Å². The van der Waals surface area contributed by atoms with Gasteiger partial charge in [0, 0.05) is 50.5 Å². The van der Waals surface area contributed by atoms with Gasteiger partial charge in [-0.15, -0.1) is 0 Å². The molecule has 10 heteroatoms. The second kappa shape index (κ2) is 7.77. The molecule has 0 spiro atoms. The predicted molar refractivity (Wildman–Crippen MR) is 106 cm³/mol. The van der Waals surface area contributed by atoms with Gasteiger partial charge in [-0.1, -0.05) is 0 Å². The van der Waals surface area contributed by atoms with E-state index >= 15 is 0 Å². The van der Waals surface area contributed by atoms with E-state index in [-0.39, 0.29) is 10.7 Å². The summed E-state index contributed by atoms with van der Waals surface area (Å²) in [5, 5.41) is 0. The average Bonchev–Trinajstić information content (AvgIpc) is 2.75. The lowest BCUT2D eigenvalue weighted by molar-refractivity contribution is 0.601. The summed E-state index contributed by atoms with van der Waals surface area (Å²) in [6, 6.07) is 8.36. The van der Waals surface area contributed by atoms with Crippen molar-refractivity contribution in [2.75, 3.05) is 40.7 Å². The first-order valence-corrected chi connectivity index (χ1v) is 10.2. The second-order valence-corrected chi connectivity index (χ2v) is 7.91. The molecule has 2 aromatic heterocycles. The van der Waals surface area contributed by atoms with Gasteiger partial charge in [-0.05, 0) is 30.3 Å². The number of rotatable bonds is 5. The molecule has 0 bridgehead atoms. The summed E-state index contributed by atoms with van der Waals surface area (Å²) >= 11 is 0. The van der Waals surface area contributed by atoms with Gasteiger partial charge in [-0.2, -0.15) is 0 Å². The monoisotopic (exact) mass is 397 g/mol. The number of nitrogens with zero attached hydrogens (tertiary/aromatic N) is 6. The fourth-order valence-electron chi connectivity index (χ4n) is 3.03. The highest BCUT2D eigenvalue weighted by Crippen LogP contribution is 2.22. The average molecular weight is 397 g/mol. The summed E-state index contributed by atoms with van der Waals surface area (Å²) in [6.07, 6.45) is 7.89. The summed E-state index contributed by atoms with van der Waals surface area (Å²) in [6.45, 7) is 3.30. The fraction of sp³-hybridized carbons (Fsp3) is 0.222. The predicted octanol–water partition coefficient (Wildman–Crippen LogP) is 1.39. The second-order valence-electron chi connectivity index (χ2n) is 6.23. The molecule has 0 unspecified atom stereocenters. The molecule has 0 amide bonds. The topological polar surface area (TPSA) is 104 Å². The van der Waals surface area contributed by atoms with Crippen LogP contribution in [0.1, 0.15) is 0 Å². The smallest absolute Gasteiger partial charge is 0.263 e. The molecule has 144 valence electrons. The summed E-state index contributed by atoms with van der Waals surface area (Å²) in [5.74, 6) is 1.11. The number of hydrogen-bond acceptors (Lipinski definition) is 8. The summed E-state index contributed by atoms with van der Waals surface area (Å²) in [5.41, 5.74) is 0.986. The molecule has 1 aromatic carbocycles. The van der Waals surface area contributed by atoms with Crippen LogP contribution in [0.2, 0.25) is 0 Å². The molecule has 0 saturated carbocycles. The Kier molecular flexibility index (Phi) is 5.02. The maximum absolute atomic E-state index is 12.5. The lowest BCUT2D eigenvalue weighted by Crippen LogP contribution is -2.46. The zero-order valence-electron chi connectivity index (χ0n) is 15.0. The van der Waals surface area contributed by atoms with Gasteiger partial charge >= 0.3 is 0 Å². The van der Waals surface area contributed by atoms with E-state index in [0.29, 0.717) is 0 Å². The van der Waals surface area contributed by atoms with Crippen molar-refractivity contribution in [3.63, 3.8) is 0 Å². The van der Waals surface area contributed by atoms with Crippen LogP contribution < -0.4 is 14.5 Å². The number of aromatic nitrogens is 4. The maximum Gasteiger partial charge on any atom is 0.263 e. The first kappa shape index (κ1) is 18.1. The molecule has 0 radical (unpaired) electrons. The van der Waals surface area contributed by atoms with Gasteiger partial charge in [0.05, 0.1) is 11.1 Å². The van der Waals surface area contributed by atoms with Crippen LogP contribution in [0.5, 0.6) is 0 Å². The van der Waals surface area contributed by atoms with Crippen molar-refractivity contribution >= 4 is 27.3 Å². The molecule has 4 rings (SSSR count). The van der Waals surface area contributed by atoms with E-state index in [0.717, 1.165) is 37.7 Å². The maximum atomic E-state index is 12.5. The van der Waals surface area contributed by atoms with Crippen molar-refractivity contribution in [2.45, 2.75) is 4.90 Å².